The molecular weight excluding hydrogens is 410 g/mol. The lowest BCUT2D eigenvalue weighted by Crippen LogP contribution is -2.09. The molecule has 0 aliphatic rings. The van der Waals surface area contributed by atoms with Gasteiger partial charge in [-0.15, -0.1) is 0 Å². The van der Waals surface area contributed by atoms with Crippen molar-refractivity contribution in [2.45, 2.75) is 25.8 Å². The highest BCUT2D eigenvalue weighted by atomic mass is 16.7. The highest BCUT2D eigenvalue weighted by Gasteiger charge is 2.16. The fourth-order valence-electron chi connectivity index (χ4n) is 3.31. The van der Waals surface area contributed by atoms with Crippen LogP contribution in [-0.4, -0.2) is 33.4 Å². The van der Waals surface area contributed by atoms with Crippen LogP contribution in [0.25, 0.3) is 0 Å². The zero-order valence-corrected chi connectivity index (χ0v) is 18.8. The van der Waals surface area contributed by atoms with E-state index in [9.17, 15) is 0 Å². The Bertz CT molecular complexity index is 897. The monoisotopic (exact) mass is 439 g/mol. The molecule has 0 bridgehead atoms. The molecule has 0 spiro atoms. The van der Waals surface area contributed by atoms with E-state index in [1.165, 1.54) is 0 Å². The van der Waals surface area contributed by atoms with Gasteiger partial charge in [-0.05, 0) is 24.3 Å². The summed E-state index contributed by atoms with van der Waals surface area (Å²) in [7, 11) is 6.37. The lowest BCUT2D eigenvalue weighted by Gasteiger charge is -2.18. The third kappa shape index (κ3) is 6.05. The van der Waals surface area contributed by atoms with Crippen LogP contribution < -0.4 is 9.47 Å². The lowest BCUT2D eigenvalue weighted by atomic mass is 10.2. The van der Waals surface area contributed by atoms with Crippen LogP contribution in [0, 0.1) is 0 Å². The number of ether oxygens (including phenoxy) is 6. The Labute approximate surface area is 188 Å². The van der Waals surface area contributed by atoms with E-state index < -0.39 is 12.6 Å². The van der Waals surface area contributed by atoms with Crippen molar-refractivity contribution in [3.05, 3.63) is 89.2 Å². The minimum absolute atomic E-state index is 0.303. The normalized spacial score (nSPS) is 11.2. The van der Waals surface area contributed by atoms with Crippen LogP contribution in [0.4, 0.5) is 0 Å². The number of para-hydroxylation sites is 2. The summed E-state index contributed by atoms with van der Waals surface area (Å²) in [5, 5.41) is 0. The highest BCUT2D eigenvalue weighted by molar-refractivity contribution is 5.35. The van der Waals surface area contributed by atoms with Crippen molar-refractivity contribution in [3.8, 4) is 11.5 Å². The molecule has 0 aliphatic heterocycles. The number of hydrogen-bond acceptors (Lipinski definition) is 7. The number of rotatable bonds is 12. The Kier molecular flexibility index (Phi) is 9.01. The lowest BCUT2D eigenvalue weighted by molar-refractivity contribution is -0.107. The minimum Gasteiger partial charge on any atom is -0.487 e. The third-order valence-electron chi connectivity index (χ3n) is 4.82. The van der Waals surface area contributed by atoms with E-state index in [2.05, 4.69) is 4.98 Å². The Balaban J connectivity index is 1.67. The summed E-state index contributed by atoms with van der Waals surface area (Å²) < 4.78 is 33.5. The van der Waals surface area contributed by atoms with Crippen LogP contribution >= 0.6 is 0 Å². The Morgan fingerprint density at radius 1 is 0.562 bits per heavy atom. The second-order valence-electron chi connectivity index (χ2n) is 6.88. The average Bonchev–Trinajstić information content (AvgIpc) is 2.84. The second-order valence-corrected chi connectivity index (χ2v) is 6.88. The SMILES string of the molecule is COC(OC)c1ccccc1OCc1cccc(COc2ccccc2C(OC)OC)n1. The average molecular weight is 440 g/mol. The first-order valence-corrected chi connectivity index (χ1v) is 10.2. The molecule has 0 saturated heterocycles. The Morgan fingerprint density at radius 2 is 0.969 bits per heavy atom. The van der Waals surface area contributed by atoms with Gasteiger partial charge < -0.3 is 28.4 Å². The molecule has 0 unspecified atom stereocenters. The smallest absolute Gasteiger partial charge is 0.186 e. The van der Waals surface area contributed by atoms with Crippen LogP contribution in [0.2, 0.25) is 0 Å². The summed E-state index contributed by atoms with van der Waals surface area (Å²) >= 11 is 0. The maximum absolute atomic E-state index is 6.01. The molecule has 1 heterocycles. The van der Waals surface area contributed by atoms with Crippen molar-refractivity contribution < 1.29 is 28.4 Å². The number of nitrogens with zero attached hydrogens (tertiary/aromatic N) is 1. The summed E-state index contributed by atoms with van der Waals surface area (Å²) in [6.07, 6.45) is -0.996. The van der Waals surface area contributed by atoms with Crippen LogP contribution in [0.1, 0.15) is 35.1 Å². The summed E-state index contributed by atoms with van der Waals surface area (Å²) in [5.41, 5.74) is 3.21. The fourth-order valence-corrected chi connectivity index (χ4v) is 3.31. The summed E-state index contributed by atoms with van der Waals surface area (Å²) in [4.78, 5) is 4.66. The molecule has 0 fully saturated rings. The molecule has 7 heteroatoms. The van der Waals surface area contributed by atoms with Gasteiger partial charge >= 0.3 is 0 Å². The van der Waals surface area contributed by atoms with E-state index in [-0.39, 0.29) is 0 Å². The van der Waals surface area contributed by atoms with Crippen LogP contribution in [0.5, 0.6) is 11.5 Å². The Hall–Kier alpha value is -2.97. The molecule has 0 amide bonds. The van der Waals surface area contributed by atoms with Crippen molar-refractivity contribution in [3.63, 3.8) is 0 Å². The van der Waals surface area contributed by atoms with Crippen LogP contribution in [0.15, 0.2) is 66.7 Å². The van der Waals surface area contributed by atoms with Gasteiger partial charge in [-0.1, -0.05) is 42.5 Å². The fraction of sp³-hybridized carbons (Fsp3) is 0.320. The molecule has 0 aliphatic carbocycles. The quantitative estimate of drug-likeness (QED) is 0.375. The van der Waals surface area contributed by atoms with Gasteiger partial charge in [0, 0.05) is 39.6 Å². The van der Waals surface area contributed by atoms with Crippen molar-refractivity contribution in [2.24, 2.45) is 0 Å². The molecule has 170 valence electrons. The number of benzene rings is 2. The second kappa shape index (κ2) is 12.2. The Morgan fingerprint density at radius 3 is 1.38 bits per heavy atom. The van der Waals surface area contributed by atoms with E-state index in [1.54, 1.807) is 28.4 Å². The molecule has 0 radical (unpaired) electrons. The molecular formula is C25H29NO6. The summed E-state index contributed by atoms with van der Waals surface area (Å²) in [6, 6.07) is 21.0. The topological polar surface area (TPSA) is 68.3 Å². The first-order valence-electron chi connectivity index (χ1n) is 10.2. The van der Waals surface area contributed by atoms with Crippen molar-refractivity contribution in [1.82, 2.24) is 4.98 Å². The van der Waals surface area contributed by atoms with Gasteiger partial charge in [-0.25, -0.2) is 0 Å². The zero-order chi connectivity index (χ0) is 22.8. The number of pyridine rings is 1. The standard InChI is InChI=1S/C25H29NO6/c1-27-24(28-2)20-12-5-7-14-22(20)31-16-18-10-9-11-19(26-18)17-32-23-15-8-6-13-21(23)25(29-3)30-4/h5-15,24-25H,16-17H2,1-4H3. The number of aromatic nitrogens is 1. The van der Waals surface area contributed by atoms with Gasteiger partial charge in [0.1, 0.15) is 24.7 Å². The zero-order valence-electron chi connectivity index (χ0n) is 18.8. The molecule has 3 aromatic rings. The number of methoxy groups -OCH3 is 4. The maximum Gasteiger partial charge on any atom is 0.186 e. The van der Waals surface area contributed by atoms with E-state index >= 15 is 0 Å². The van der Waals surface area contributed by atoms with Gasteiger partial charge in [0.25, 0.3) is 0 Å². The summed E-state index contributed by atoms with van der Waals surface area (Å²) in [6.45, 7) is 0.605. The largest absolute Gasteiger partial charge is 0.487 e. The molecule has 0 N–H and O–H groups in total. The van der Waals surface area contributed by atoms with Gasteiger partial charge in [-0.2, -0.15) is 0 Å². The maximum atomic E-state index is 6.01. The van der Waals surface area contributed by atoms with Crippen LogP contribution in [0.3, 0.4) is 0 Å². The van der Waals surface area contributed by atoms with E-state index in [4.69, 9.17) is 28.4 Å². The van der Waals surface area contributed by atoms with Crippen LogP contribution in [-0.2, 0) is 32.2 Å². The van der Waals surface area contributed by atoms with Crippen molar-refractivity contribution >= 4 is 0 Å². The predicted molar refractivity (Wildman–Crippen MR) is 119 cm³/mol. The van der Waals surface area contributed by atoms with E-state index in [0.717, 1.165) is 22.5 Å². The molecule has 3 rings (SSSR count). The van der Waals surface area contributed by atoms with Crippen molar-refractivity contribution in [1.29, 1.82) is 0 Å². The van der Waals surface area contributed by atoms with Gasteiger partial charge in [-0.3, -0.25) is 4.98 Å². The van der Waals surface area contributed by atoms with E-state index in [0.29, 0.717) is 24.7 Å². The van der Waals surface area contributed by atoms with Gasteiger partial charge in [0.05, 0.1) is 11.4 Å². The van der Waals surface area contributed by atoms with Crippen molar-refractivity contribution in [2.75, 3.05) is 28.4 Å². The van der Waals surface area contributed by atoms with E-state index in [1.807, 2.05) is 66.7 Å². The molecule has 7 nitrogen and oxygen atoms in total. The molecule has 2 aromatic carbocycles. The predicted octanol–water partition coefficient (Wildman–Crippen LogP) is 4.82. The third-order valence-corrected chi connectivity index (χ3v) is 4.82. The molecule has 0 saturated carbocycles. The summed E-state index contributed by atoms with van der Waals surface area (Å²) in [5.74, 6) is 1.37. The molecule has 0 atom stereocenters. The highest BCUT2D eigenvalue weighted by Crippen LogP contribution is 2.29. The van der Waals surface area contributed by atoms with Gasteiger partial charge in [0.15, 0.2) is 12.6 Å². The number of hydrogen-bond donors (Lipinski definition) is 0. The van der Waals surface area contributed by atoms with Gasteiger partial charge in [0.2, 0.25) is 0 Å². The molecule has 1 aromatic heterocycles. The first-order chi connectivity index (χ1) is 15.7. The first kappa shape index (κ1) is 23.7. The molecule has 32 heavy (non-hydrogen) atoms. The minimum atomic E-state index is -0.498.